The minimum absolute atomic E-state index is 0.0392. The molecule has 2 aromatic rings. The van der Waals surface area contributed by atoms with Crippen molar-refractivity contribution in [2.24, 2.45) is 0 Å². The largest absolute Gasteiger partial charge is 0.497 e. The average Bonchev–Trinajstić information content (AvgIpc) is 2.61. The fourth-order valence-corrected chi connectivity index (χ4v) is 2.07. The maximum atomic E-state index is 12.1. The molecule has 1 amide bonds. The van der Waals surface area contributed by atoms with Gasteiger partial charge in [-0.25, -0.2) is 0 Å². The molecule has 0 unspecified atom stereocenters. The van der Waals surface area contributed by atoms with Gasteiger partial charge in [-0.15, -0.1) is 0 Å². The Morgan fingerprint density at radius 3 is 2.56 bits per heavy atom. The molecule has 1 N–H and O–H groups in total. The molecule has 0 fully saturated rings. The molecule has 1 aromatic carbocycles. The van der Waals surface area contributed by atoms with Crippen LogP contribution in [0.4, 0.5) is 5.82 Å². The third kappa shape index (κ3) is 4.90. The third-order valence-corrected chi connectivity index (χ3v) is 3.45. The van der Waals surface area contributed by atoms with Crippen LogP contribution < -0.4 is 14.8 Å². The Balaban J connectivity index is 1.97. The van der Waals surface area contributed by atoms with Gasteiger partial charge in [0.25, 0.3) is 5.91 Å². The van der Waals surface area contributed by atoms with Crippen molar-refractivity contribution in [2.45, 2.75) is 26.5 Å². The van der Waals surface area contributed by atoms with Gasteiger partial charge < -0.3 is 24.9 Å². The summed E-state index contributed by atoms with van der Waals surface area (Å²) >= 11 is 0. The summed E-state index contributed by atoms with van der Waals surface area (Å²) in [4.78, 5) is 26.4. The third-order valence-electron chi connectivity index (χ3n) is 3.45. The van der Waals surface area contributed by atoms with Crippen molar-refractivity contribution in [1.29, 1.82) is 0 Å². The fraction of sp³-hybridized carbons (Fsp3) is 0.294. The summed E-state index contributed by atoms with van der Waals surface area (Å²) in [7, 11) is 1.58. The number of carbonyl (C=O) groups is 1. The van der Waals surface area contributed by atoms with E-state index in [1.807, 2.05) is 12.1 Å². The van der Waals surface area contributed by atoms with E-state index in [1.165, 1.54) is 13.0 Å². The van der Waals surface area contributed by atoms with Crippen LogP contribution in [0.25, 0.3) is 0 Å². The second-order valence-electron chi connectivity index (χ2n) is 5.36. The first-order valence-electron chi connectivity index (χ1n) is 7.60. The molecule has 2 rings (SSSR count). The predicted molar refractivity (Wildman–Crippen MR) is 90.6 cm³/mol. The van der Waals surface area contributed by atoms with E-state index in [9.17, 15) is 14.9 Å². The lowest BCUT2D eigenvalue weighted by Gasteiger charge is -2.14. The van der Waals surface area contributed by atoms with Crippen LogP contribution >= 0.6 is 0 Å². The first-order valence-corrected chi connectivity index (χ1v) is 7.60. The predicted octanol–water partition coefficient (Wildman–Crippen LogP) is 2.39. The first-order chi connectivity index (χ1) is 11.9. The Kier molecular flexibility index (Phi) is 5.89. The Morgan fingerprint density at radius 2 is 1.96 bits per heavy atom. The van der Waals surface area contributed by atoms with E-state index < -0.39 is 16.8 Å². The zero-order valence-electron chi connectivity index (χ0n) is 14.2. The number of methoxy groups -OCH3 is 1. The molecule has 0 aliphatic heterocycles. The molecule has 1 aromatic heterocycles. The number of aromatic nitrogens is 1. The Labute approximate surface area is 144 Å². The Bertz CT molecular complexity index is 761. The SMILES string of the molecule is COc1ccc(CNC(=O)[C@H](C)Oc2ccc(C)nc2[N+](=O)[O-])cc1. The molecule has 1 heterocycles. The van der Waals surface area contributed by atoms with Crippen LogP contribution in [0.15, 0.2) is 36.4 Å². The Morgan fingerprint density at radius 1 is 1.28 bits per heavy atom. The highest BCUT2D eigenvalue weighted by Gasteiger charge is 2.22. The molecule has 132 valence electrons. The van der Waals surface area contributed by atoms with Crippen LogP contribution in [-0.4, -0.2) is 29.0 Å². The van der Waals surface area contributed by atoms with Gasteiger partial charge in [0.15, 0.2) is 6.10 Å². The number of rotatable bonds is 7. The molecule has 0 spiro atoms. The van der Waals surface area contributed by atoms with Gasteiger partial charge in [-0.1, -0.05) is 12.1 Å². The van der Waals surface area contributed by atoms with Crippen molar-refractivity contribution < 1.29 is 19.2 Å². The minimum atomic E-state index is -0.901. The molecule has 0 aliphatic carbocycles. The highest BCUT2D eigenvalue weighted by atomic mass is 16.6. The maximum absolute atomic E-state index is 12.1. The van der Waals surface area contributed by atoms with E-state index >= 15 is 0 Å². The van der Waals surface area contributed by atoms with Gasteiger partial charge in [0.2, 0.25) is 5.75 Å². The molecule has 1 atom stereocenters. The fourth-order valence-electron chi connectivity index (χ4n) is 2.07. The summed E-state index contributed by atoms with van der Waals surface area (Å²) < 4.78 is 10.5. The molecule has 0 aliphatic rings. The molecule has 25 heavy (non-hydrogen) atoms. The van der Waals surface area contributed by atoms with Crippen molar-refractivity contribution in [3.8, 4) is 11.5 Å². The lowest BCUT2D eigenvalue weighted by Crippen LogP contribution is -2.36. The molecule has 0 radical (unpaired) electrons. The molecule has 0 saturated heterocycles. The number of hydrogen-bond donors (Lipinski definition) is 1. The summed E-state index contributed by atoms with van der Waals surface area (Å²) in [6, 6.07) is 10.3. The second kappa shape index (κ2) is 8.09. The number of benzene rings is 1. The number of aryl methyl sites for hydroxylation is 1. The van der Waals surface area contributed by atoms with Gasteiger partial charge in [-0.3, -0.25) is 4.79 Å². The number of carbonyl (C=O) groups excluding carboxylic acids is 1. The molecule has 8 heteroatoms. The number of nitrogens with one attached hydrogen (secondary N) is 1. The van der Waals surface area contributed by atoms with E-state index in [1.54, 1.807) is 32.2 Å². The summed E-state index contributed by atoms with van der Waals surface area (Å²) in [6.45, 7) is 3.47. The second-order valence-corrected chi connectivity index (χ2v) is 5.36. The van der Waals surface area contributed by atoms with Crippen LogP contribution in [0.2, 0.25) is 0 Å². The van der Waals surface area contributed by atoms with E-state index in [0.29, 0.717) is 12.2 Å². The highest BCUT2D eigenvalue weighted by molar-refractivity contribution is 5.80. The minimum Gasteiger partial charge on any atom is -0.497 e. The summed E-state index contributed by atoms with van der Waals surface area (Å²) in [5.74, 6) is -0.103. The summed E-state index contributed by atoms with van der Waals surface area (Å²) in [5.41, 5.74) is 1.39. The van der Waals surface area contributed by atoms with Crippen LogP contribution in [0.5, 0.6) is 11.5 Å². The van der Waals surface area contributed by atoms with Gasteiger partial charge in [-0.05, 0) is 46.7 Å². The van der Waals surface area contributed by atoms with Gasteiger partial charge in [-0.2, -0.15) is 0 Å². The monoisotopic (exact) mass is 345 g/mol. The maximum Gasteiger partial charge on any atom is 0.406 e. The smallest absolute Gasteiger partial charge is 0.406 e. The zero-order valence-corrected chi connectivity index (χ0v) is 14.2. The van der Waals surface area contributed by atoms with Gasteiger partial charge in [0.05, 0.1) is 7.11 Å². The van der Waals surface area contributed by atoms with E-state index in [2.05, 4.69) is 10.3 Å². The first kappa shape index (κ1) is 18.2. The Hall–Kier alpha value is -3.16. The average molecular weight is 345 g/mol. The van der Waals surface area contributed by atoms with Crippen LogP contribution in [0, 0.1) is 17.0 Å². The molecule has 8 nitrogen and oxygen atoms in total. The van der Waals surface area contributed by atoms with E-state index in [4.69, 9.17) is 9.47 Å². The number of nitrogens with zero attached hydrogens (tertiary/aromatic N) is 2. The van der Waals surface area contributed by atoms with Crippen molar-refractivity contribution >= 4 is 11.7 Å². The number of nitro groups is 1. The molecular weight excluding hydrogens is 326 g/mol. The lowest BCUT2D eigenvalue weighted by molar-refractivity contribution is -0.390. The summed E-state index contributed by atoms with van der Waals surface area (Å²) in [5, 5.41) is 13.8. The number of amides is 1. The van der Waals surface area contributed by atoms with E-state index in [0.717, 1.165) is 11.3 Å². The lowest BCUT2D eigenvalue weighted by atomic mass is 10.2. The summed E-state index contributed by atoms with van der Waals surface area (Å²) in [6.07, 6.45) is -0.901. The molecule has 0 saturated carbocycles. The number of pyridine rings is 1. The molecule has 0 bridgehead atoms. The standard InChI is InChI=1S/C17H19N3O5/c1-11-4-9-15(16(19-11)20(22)23)25-12(2)17(21)18-10-13-5-7-14(24-3)8-6-13/h4-9,12H,10H2,1-3H3,(H,18,21)/t12-/m0/s1. The molecular formula is C17H19N3O5. The van der Waals surface area contributed by atoms with Crippen LogP contribution in [-0.2, 0) is 11.3 Å². The van der Waals surface area contributed by atoms with Crippen molar-refractivity contribution in [2.75, 3.05) is 7.11 Å². The van der Waals surface area contributed by atoms with Gasteiger partial charge >= 0.3 is 5.82 Å². The van der Waals surface area contributed by atoms with Crippen LogP contribution in [0.1, 0.15) is 18.2 Å². The van der Waals surface area contributed by atoms with Crippen molar-refractivity contribution in [3.05, 3.63) is 57.8 Å². The normalized spacial score (nSPS) is 11.5. The number of ether oxygens (including phenoxy) is 2. The van der Waals surface area contributed by atoms with Crippen molar-refractivity contribution in [1.82, 2.24) is 10.3 Å². The number of hydrogen-bond acceptors (Lipinski definition) is 6. The highest BCUT2D eigenvalue weighted by Crippen LogP contribution is 2.25. The quantitative estimate of drug-likeness (QED) is 0.610. The zero-order chi connectivity index (χ0) is 18.4. The topological polar surface area (TPSA) is 104 Å². The van der Waals surface area contributed by atoms with Gasteiger partial charge in [0, 0.05) is 13.5 Å². The van der Waals surface area contributed by atoms with Crippen molar-refractivity contribution in [3.63, 3.8) is 0 Å². The van der Waals surface area contributed by atoms with Gasteiger partial charge in [0.1, 0.15) is 11.4 Å². The van der Waals surface area contributed by atoms with Crippen LogP contribution in [0.3, 0.4) is 0 Å². The van der Waals surface area contributed by atoms with E-state index in [-0.39, 0.29) is 11.7 Å².